The molecule has 1 aliphatic heterocycles. The summed E-state index contributed by atoms with van der Waals surface area (Å²) in [5, 5.41) is 0. The maximum atomic E-state index is 4.83. The van der Waals surface area contributed by atoms with Crippen LogP contribution >= 0.6 is 12.2 Å². The fraction of sp³-hybridized carbons (Fsp3) is 0.200. The number of ether oxygens (including phenoxy) is 1. The largest absolute Gasteiger partial charge is 0.365 e. The van der Waals surface area contributed by atoms with E-state index in [2.05, 4.69) is 0 Å². The number of hydrogen-bond acceptors (Lipinski definition) is 2. The number of thiocarbonyl (C=S) groups is 1. The molecule has 1 aliphatic rings. The summed E-state index contributed by atoms with van der Waals surface area (Å²) in [6.45, 7) is 2.25. The quantitative estimate of drug-likeness (QED) is 0.435. The monoisotopic (exact) mass is 113 g/mol. The second-order valence-corrected chi connectivity index (χ2v) is 1.73. The molecule has 0 fully saturated rings. The summed E-state index contributed by atoms with van der Waals surface area (Å²) in [6, 6.07) is 0. The van der Waals surface area contributed by atoms with Crippen molar-refractivity contribution in [2.75, 3.05) is 6.61 Å². The minimum Gasteiger partial charge on any atom is -0.365 e. The molecule has 1 radical (unpaired) electrons. The van der Waals surface area contributed by atoms with Gasteiger partial charge in [0.05, 0.1) is 6.61 Å². The average Bonchev–Trinajstić information content (AvgIpc) is 1.69. The summed E-state index contributed by atoms with van der Waals surface area (Å²) in [5.41, 5.74) is 0. The van der Waals surface area contributed by atoms with Crippen LogP contribution in [0.25, 0.3) is 0 Å². The molecular weight excluding hydrogens is 108 g/mol. The van der Waals surface area contributed by atoms with E-state index in [1.54, 1.807) is 6.61 Å². The van der Waals surface area contributed by atoms with E-state index in [4.69, 9.17) is 17.0 Å². The molecule has 0 aromatic heterocycles. The number of hydrogen-bond donors (Lipinski definition) is 0. The molecule has 0 aliphatic carbocycles. The van der Waals surface area contributed by atoms with Crippen LogP contribution in [0.15, 0.2) is 12.2 Å². The van der Waals surface area contributed by atoms with Gasteiger partial charge in [0.1, 0.15) is 6.61 Å². The van der Waals surface area contributed by atoms with E-state index in [1.165, 1.54) is 0 Å². The molecule has 37 valence electrons. The minimum absolute atomic E-state index is 0.667. The summed E-state index contributed by atoms with van der Waals surface area (Å²) >= 11 is 4.74. The zero-order valence-electron chi connectivity index (χ0n) is 3.76. The van der Waals surface area contributed by atoms with Crippen LogP contribution in [0.2, 0.25) is 0 Å². The minimum atomic E-state index is 0.667. The molecule has 0 aromatic rings. The molecule has 0 bridgehead atoms. The van der Waals surface area contributed by atoms with Gasteiger partial charge in [0.15, 0.2) is 0 Å². The highest BCUT2D eigenvalue weighted by atomic mass is 32.1. The SMILES string of the molecule is S=C1[CH]OCC=C1. The van der Waals surface area contributed by atoms with Crippen molar-refractivity contribution in [3.63, 3.8) is 0 Å². The highest BCUT2D eigenvalue weighted by Gasteiger charge is 1.95. The van der Waals surface area contributed by atoms with Gasteiger partial charge in [-0.3, -0.25) is 0 Å². The van der Waals surface area contributed by atoms with Gasteiger partial charge in [-0.25, -0.2) is 0 Å². The van der Waals surface area contributed by atoms with Gasteiger partial charge in [-0.2, -0.15) is 0 Å². The Balaban J connectivity index is 2.51. The topological polar surface area (TPSA) is 9.23 Å². The van der Waals surface area contributed by atoms with Crippen molar-refractivity contribution in [3.05, 3.63) is 18.8 Å². The van der Waals surface area contributed by atoms with E-state index < -0.39 is 0 Å². The fourth-order valence-electron chi connectivity index (χ4n) is 0.389. The maximum Gasteiger partial charge on any atom is 0.124 e. The van der Waals surface area contributed by atoms with Gasteiger partial charge >= 0.3 is 0 Å². The van der Waals surface area contributed by atoms with E-state index in [0.717, 1.165) is 4.86 Å². The summed E-state index contributed by atoms with van der Waals surface area (Å²) < 4.78 is 4.83. The first kappa shape index (κ1) is 4.94. The molecule has 0 saturated carbocycles. The Kier molecular flexibility index (Phi) is 1.54. The van der Waals surface area contributed by atoms with Gasteiger partial charge in [-0.1, -0.05) is 18.3 Å². The lowest BCUT2D eigenvalue weighted by atomic mass is 10.3. The molecule has 1 heterocycles. The van der Waals surface area contributed by atoms with E-state index in [9.17, 15) is 0 Å². The van der Waals surface area contributed by atoms with Gasteiger partial charge in [-0.15, -0.1) is 0 Å². The third-order valence-electron chi connectivity index (χ3n) is 0.674. The molecule has 1 nitrogen and oxygen atoms in total. The smallest absolute Gasteiger partial charge is 0.124 e. The maximum absolute atomic E-state index is 4.83. The lowest BCUT2D eigenvalue weighted by molar-refractivity contribution is 0.257. The molecule has 0 unspecified atom stereocenters. The van der Waals surface area contributed by atoms with Crippen LogP contribution in [-0.2, 0) is 4.74 Å². The van der Waals surface area contributed by atoms with E-state index >= 15 is 0 Å². The van der Waals surface area contributed by atoms with Gasteiger partial charge in [0, 0.05) is 4.86 Å². The normalized spacial score (nSPS) is 20.3. The van der Waals surface area contributed by atoms with Crippen molar-refractivity contribution in [2.24, 2.45) is 0 Å². The highest BCUT2D eigenvalue weighted by Crippen LogP contribution is 1.96. The van der Waals surface area contributed by atoms with Crippen LogP contribution in [0.4, 0.5) is 0 Å². The van der Waals surface area contributed by atoms with Crippen molar-refractivity contribution in [1.82, 2.24) is 0 Å². The lowest BCUT2D eigenvalue weighted by Crippen LogP contribution is -2.01. The fourth-order valence-corrected chi connectivity index (χ4v) is 0.554. The van der Waals surface area contributed by atoms with E-state index in [1.807, 2.05) is 12.2 Å². The van der Waals surface area contributed by atoms with Crippen molar-refractivity contribution < 1.29 is 4.74 Å². The molecule has 0 atom stereocenters. The van der Waals surface area contributed by atoms with Crippen LogP contribution in [0.5, 0.6) is 0 Å². The zero-order valence-corrected chi connectivity index (χ0v) is 4.57. The Hall–Kier alpha value is -0.210. The Morgan fingerprint density at radius 3 is 2.86 bits per heavy atom. The molecule has 2 heteroatoms. The van der Waals surface area contributed by atoms with Gasteiger partial charge in [0.2, 0.25) is 0 Å². The third kappa shape index (κ3) is 1.37. The summed E-state index contributed by atoms with van der Waals surface area (Å²) in [5.74, 6) is 0. The van der Waals surface area contributed by atoms with Crippen molar-refractivity contribution in [1.29, 1.82) is 0 Å². The molecule has 1 rings (SSSR count). The van der Waals surface area contributed by atoms with E-state index in [-0.39, 0.29) is 0 Å². The first-order chi connectivity index (χ1) is 3.39. The van der Waals surface area contributed by atoms with E-state index in [0.29, 0.717) is 6.61 Å². The lowest BCUT2D eigenvalue weighted by Gasteiger charge is -2.01. The van der Waals surface area contributed by atoms with Crippen LogP contribution in [0, 0.1) is 6.61 Å². The van der Waals surface area contributed by atoms with Gasteiger partial charge in [0.25, 0.3) is 0 Å². The van der Waals surface area contributed by atoms with Crippen LogP contribution < -0.4 is 0 Å². The predicted octanol–water partition coefficient (Wildman–Crippen LogP) is 1.10. The highest BCUT2D eigenvalue weighted by molar-refractivity contribution is 7.81. The molecule has 0 aromatic carbocycles. The Bertz CT molecular complexity index is 107. The van der Waals surface area contributed by atoms with Crippen molar-refractivity contribution in [2.45, 2.75) is 0 Å². The van der Waals surface area contributed by atoms with Crippen molar-refractivity contribution in [3.8, 4) is 0 Å². The molecule has 0 amide bonds. The van der Waals surface area contributed by atoms with Crippen molar-refractivity contribution >= 4 is 17.1 Å². The van der Waals surface area contributed by atoms with Crippen LogP contribution in [0.3, 0.4) is 0 Å². The Labute approximate surface area is 48.0 Å². The Morgan fingerprint density at radius 1 is 1.71 bits per heavy atom. The summed E-state index contributed by atoms with van der Waals surface area (Å²) in [7, 11) is 0. The Morgan fingerprint density at radius 2 is 2.57 bits per heavy atom. The summed E-state index contributed by atoms with van der Waals surface area (Å²) in [6.07, 6.45) is 3.75. The van der Waals surface area contributed by atoms with Crippen LogP contribution in [0.1, 0.15) is 0 Å². The molecule has 0 spiro atoms. The standard InChI is InChI=1S/C5H5OS/c7-5-2-1-3-6-4-5/h1-2,4H,3H2. The first-order valence-corrected chi connectivity index (χ1v) is 2.46. The third-order valence-corrected chi connectivity index (χ3v) is 0.906. The molecule has 0 saturated heterocycles. The van der Waals surface area contributed by atoms with Gasteiger partial charge < -0.3 is 4.74 Å². The second-order valence-electron chi connectivity index (χ2n) is 1.26. The molecular formula is C5H5OS. The average molecular weight is 113 g/mol. The summed E-state index contributed by atoms with van der Waals surface area (Å²) in [4.78, 5) is 0.770. The van der Waals surface area contributed by atoms with Crippen LogP contribution in [-0.4, -0.2) is 11.5 Å². The van der Waals surface area contributed by atoms with Gasteiger partial charge in [-0.05, 0) is 6.08 Å². The zero-order chi connectivity index (χ0) is 5.11. The molecule has 7 heavy (non-hydrogen) atoms. The second kappa shape index (κ2) is 2.19. The first-order valence-electron chi connectivity index (χ1n) is 2.05. The number of rotatable bonds is 0. The predicted molar refractivity (Wildman–Crippen MR) is 32.0 cm³/mol. The molecule has 0 N–H and O–H groups in total.